The summed E-state index contributed by atoms with van der Waals surface area (Å²) in [5.74, 6) is -1.33. The number of hydrogen-bond donors (Lipinski definition) is 0. The highest BCUT2D eigenvalue weighted by atomic mass is 19.3. The third kappa shape index (κ3) is 3.61. The zero-order chi connectivity index (χ0) is 11.3. The van der Waals surface area contributed by atoms with Crippen LogP contribution in [0.4, 0.5) is 13.2 Å². The molecule has 0 heterocycles. The zero-order valence-electron chi connectivity index (χ0n) is 7.75. The van der Waals surface area contributed by atoms with Gasteiger partial charge in [0, 0.05) is 6.42 Å². The van der Waals surface area contributed by atoms with Gasteiger partial charge in [-0.25, -0.2) is 4.39 Å². The van der Waals surface area contributed by atoms with Gasteiger partial charge >= 0.3 is 6.61 Å². The number of ether oxygens (including phenoxy) is 1. The molecule has 0 aliphatic rings. The zero-order valence-corrected chi connectivity index (χ0v) is 7.75. The minimum absolute atomic E-state index is 0.264. The summed E-state index contributed by atoms with van der Waals surface area (Å²) in [6.07, 6.45) is 1.35. The van der Waals surface area contributed by atoms with Gasteiger partial charge in [-0.3, -0.25) is 0 Å². The second-order valence-electron chi connectivity index (χ2n) is 2.85. The average Bonchev–Trinajstić information content (AvgIpc) is 2.18. The van der Waals surface area contributed by atoms with Crippen LogP contribution in [0.5, 0.6) is 5.75 Å². The fraction of sp³-hybridized carbons (Fsp3) is 0.300. The highest BCUT2D eigenvalue weighted by Crippen LogP contribution is 2.21. The van der Waals surface area contributed by atoms with Crippen molar-refractivity contribution in [3.8, 4) is 5.75 Å². The lowest BCUT2D eigenvalue weighted by atomic mass is 10.1. The van der Waals surface area contributed by atoms with Crippen LogP contribution in [0, 0.1) is 5.82 Å². The maximum absolute atomic E-state index is 12.9. The molecule has 0 fully saturated rings. The van der Waals surface area contributed by atoms with Gasteiger partial charge in [-0.2, -0.15) is 8.78 Å². The summed E-state index contributed by atoms with van der Waals surface area (Å²) in [7, 11) is 0. The molecule has 0 N–H and O–H groups in total. The van der Waals surface area contributed by atoms with E-state index in [1.165, 1.54) is 12.1 Å². The molecule has 0 aliphatic heterocycles. The average molecular weight is 218 g/mol. The Kier molecular flexibility index (Phi) is 4.15. The second kappa shape index (κ2) is 5.38. The molecule has 0 radical (unpaired) electrons. The number of aldehydes is 1. The van der Waals surface area contributed by atoms with E-state index in [0.717, 1.165) is 6.07 Å². The van der Waals surface area contributed by atoms with E-state index in [9.17, 15) is 18.0 Å². The Morgan fingerprint density at radius 2 is 2.13 bits per heavy atom. The molecular weight excluding hydrogens is 209 g/mol. The molecule has 0 amide bonds. The van der Waals surface area contributed by atoms with Crippen LogP contribution in [-0.2, 0) is 11.2 Å². The molecule has 82 valence electrons. The molecule has 2 nitrogen and oxygen atoms in total. The minimum Gasteiger partial charge on any atom is -0.432 e. The van der Waals surface area contributed by atoms with Crippen LogP contribution in [0.25, 0.3) is 0 Å². The van der Waals surface area contributed by atoms with Crippen molar-refractivity contribution in [2.75, 3.05) is 0 Å². The Morgan fingerprint density at radius 1 is 1.40 bits per heavy atom. The van der Waals surface area contributed by atoms with Crippen LogP contribution < -0.4 is 4.74 Å². The maximum atomic E-state index is 12.9. The highest BCUT2D eigenvalue weighted by molar-refractivity contribution is 5.50. The first-order chi connectivity index (χ1) is 7.13. The Hall–Kier alpha value is -1.52. The summed E-state index contributed by atoms with van der Waals surface area (Å²) in [4.78, 5) is 10.1. The SMILES string of the molecule is O=CCCc1ccc(F)c(OC(F)F)c1. The lowest BCUT2D eigenvalue weighted by Gasteiger charge is -2.07. The molecule has 0 bridgehead atoms. The molecule has 0 saturated carbocycles. The van der Waals surface area contributed by atoms with Gasteiger partial charge in [0.1, 0.15) is 6.29 Å². The van der Waals surface area contributed by atoms with Gasteiger partial charge in [-0.1, -0.05) is 6.07 Å². The number of carbonyl (C=O) groups is 1. The van der Waals surface area contributed by atoms with Crippen molar-refractivity contribution in [2.45, 2.75) is 19.5 Å². The summed E-state index contributed by atoms with van der Waals surface area (Å²) >= 11 is 0. The van der Waals surface area contributed by atoms with Crippen LogP contribution in [0.15, 0.2) is 18.2 Å². The molecule has 0 aromatic heterocycles. The fourth-order valence-corrected chi connectivity index (χ4v) is 1.12. The maximum Gasteiger partial charge on any atom is 0.387 e. The predicted octanol–water partition coefficient (Wildman–Crippen LogP) is 2.56. The van der Waals surface area contributed by atoms with Gasteiger partial charge in [0.2, 0.25) is 0 Å². The normalized spacial score (nSPS) is 10.4. The number of halogens is 3. The van der Waals surface area contributed by atoms with Gasteiger partial charge in [-0.05, 0) is 24.1 Å². The molecule has 0 aliphatic carbocycles. The molecule has 0 atom stereocenters. The molecule has 0 saturated heterocycles. The predicted molar refractivity (Wildman–Crippen MR) is 47.4 cm³/mol. The number of carbonyl (C=O) groups excluding carboxylic acids is 1. The number of hydrogen-bond acceptors (Lipinski definition) is 2. The number of aryl methyl sites for hydroxylation is 1. The lowest BCUT2D eigenvalue weighted by Crippen LogP contribution is -2.04. The van der Waals surface area contributed by atoms with Gasteiger partial charge in [-0.15, -0.1) is 0 Å². The summed E-state index contributed by atoms with van der Waals surface area (Å²) in [6.45, 7) is -3.05. The standard InChI is InChI=1S/C10H9F3O2/c11-8-4-3-7(2-1-5-14)6-9(8)15-10(12)13/h3-6,10H,1-2H2. The third-order valence-corrected chi connectivity index (χ3v) is 1.76. The first-order valence-corrected chi connectivity index (χ1v) is 4.30. The summed E-state index contributed by atoms with van der Waals surface area (Å²) in [5, 5.41) is 0. The Labute approximate surface area is 84.7 Å². The highest BCUT2D eigenvalue weighted by Gasteiger charge is 2.10. The largest absolute Gasteiger partial charge is 0.432 e. The number of alkyl halides is 2. The van der Waals surface area contributed by atoms with Crippen LogP contribution in [-0.4, -0.2) is 12.9 Å². The van der Waals surface area contributed by atoms with Crippen molar-refractivity contribution in [3.05, 3.63) is 29.6 Å². The molecule has 0 spiro atoms. The summed E-state index contributed by atoms with van der Waals surface area (Å²) in [6, 6.07) is 3.64. The number of benzene rings is 1. The van der Waals surface area contributed by atoms with Crippen molar-refractivity contribution >= 4 is 6.29 Å². The summed E-state index contributed by atoms with van der Waals surface area (Å²) in [5.41, 5.74) is 0.583. The van der Waals surface area contributed by atoms with Crippen molar-refractivity contribution in [3.63, 3.8) is 0 Å². The fourth-order valence-electron chi connectivity index (χ4n) is 1.12. The molecule has 1 aromatic rings. The van der Waals surface area contributed by atoms with Gasteiger partial charge in [0.15, 0.2) is 11.6 Å². The van der Waals surface area contributed by atoms with E-state index in [-0.39, 0.29) is 6.42 Å². The van der Waals surface area contributed by atoms with Gasteiger partial charge in [0.05, 0.1) is 0 Å². The molecule has 5 heteroatoms. The van der Waals surface area contributed by atoms with E-state index in [1.54, 1.807) is 0 Å². The molecule has 0 unspecified atom stereocenters. The van der Waals surface area contributed by atoms with Crippen molar-refractivity contribution in [2.24, 2.45) is 0 Å². The first-order valence-electron chi connectivity index (χ1n) is 4.30. The van der Waals surface area contributed by atoms with E-state index < -0.39 is 18.2 Å². The summed E-state index contributed by atoms with van der Waals surface area (Å²) < 4.78 is 40.6. The molecule has 15 heavy (non-hydrogen) atoms. The Morgan fingerprint density at radius 3 is 2.73 bits per heavy atom. The van der Waals surface area contributed by atoms with Gasteiger partial charge in [0.25, 0.3) is 0 Å². The smallest absolute Gasteiger partial charge is 0.387 e. The van der Waals surface area contributed by atoms with Crippen LogP contribution in [0.3, 0.4) is 0 Å². The van der Waals surface area contributed by atoms with Crippen molar-refractivity contribution in [1.82, 2.24) is 0 Å². The van der Waals surface area contributed by atoms with Crippen LogP contribution in [0.1, 0.15) is 12.0 Å². The van der Waals surface area contributed by atoms with E-state index >= 15 is 0 Å². The topological polar surface area (TPSA) is 26.3 Å². The third-order valence-electron chi connectivity index (χ3n) is 1.76. The first kappa shape index (κ1) is 11.6. The molecular formula is C10H9F3O2. The second-order valence-corrected chi connectivity index (χ2v) is 2.85. The quantitative estimate of drug-likeness (QED) is 0.710. The van der Waals surface area contributed by atoms with Gasteiger partial charge < -0.3 is 9.53 Å². The van der Waals surface area contributed by atoms with Crippen molar-refractivity contribution in [1.29, 1.82) is 0 Å². The van der Waals surface area contributed by atoms with E-state index in [2.05, 4.69) is 4.74 Å². The molecule has 1 aromatic carbocycles. The molecule has 1 rings (SSSR count). The Bertz CT molecular complexity index is 339. The van der Waals surface area contributed by atoms with Crippen LogP contribution >= 0.6 is 0 Å². The minimum atomic E-state index is -3.05. The van der Waals surface area contributed by atoms with E-state index in [4.69, 9.17) is 0 Å². The van der Waals surface area contributed by atoms with Crippen LogP contribution in [0.2, 0.25) is 0 Å². The monoisotopic (exact) mass is 218 g/mol. The number of rotatable bonds is 5. The Balaban J connectivity index is 2.79. The van der Waals surface area contributed by atoms with E-state index in [0.29, 0.717) is 18.3 Å². The lowest BCUT2D eigenvalue weighted by molar-refractivity contribution is -0.107. The van der Waals surface area contributed by atoms with E-state index in [1.807, 2.05) is 0 Å². The van der Waals surface area contributed by atoms with Crippen molar-refractivity contribution < 1.29 is 22.7 Å².